The van der Waals surface area contributed by atoms with Crippen molar-refractivity contribution in [3.63, 3.8) is 0 Å². The largest absolute Gasteiger partial charge is 0.506 e. The van der Waals surface area contributed by atoms with Crippen LogP contribution < -0.4 is 4.72 Å². The third-order valence-corrected chi connectivity index (χ3v) is 4.48. The molecule has 19 heavy (non-hydrogen) atoms. The SMILES string of the molecule is Cc1n[nH]c(C)c1S(=O)(=O)Nc1ccc(O)c(Cl)c1. The first-order valence-electron chi connectivity index (χ1n) is 5.34. The predicted molar refractivity (Wildman–Crippen MR) is 72.0 cm³/mol. The molecule has 0 bridgehead atoms. The van der Waals surface area contributed by atoms with Crippen molar-refractivity contribution < 1.29 is 13.5 Å². The summed E-state index contributed by atoms with van der Waals surface area (Å²) in [5, 5.41) is 15.8. The molecule has 0 radical (unpaired) electrons. The highest BCUT2D eigenvalue weighted by Crippen LogP contribution is 2.28. The van der Waals surface area contributed by atoms with E-state index in [1.807, 2.05) is 0 Å². The number of aromatic amines is 1. The smallest absolute Gasteiger partial charge is 0.265 e. The quantitative estimate of drug-likeness (QED) is 0.757. The maximum Gasteiger partial charge on any atom is 0.265 e. The van der Waals surface area contributed by atoms with Crippen molar-refractivity contribution in [1.82, 2.24) is 10.2 Å². The van der Waals surface area contributed by atoms with Crippen LogP contribution in [-0.4, -0.2) is 23.7 Å². The number of phenols is 1. The summed E-state index contributed by atoms with van der Waals surface area (Å²) in [6.07, 6.45) is 0. The number of anilines is 1. The normalized spacial score (nSPS) is 11.5. The van der Waals surface area contributed by atoms with Gasteiger partial charge >= 0.3 is 0 Å². The van der Waals surface area contributed by atoms with E-state index >= 15 is 0 Å². The van der Waals surface area contributed by atoms with E-state index in [1.54, 1.807) is 13.8 Å². The van der Waals surface area contributed by atoms with E-state index < -0.39 is 10.0 Å². The number of phenolic OH excluding ortho intramolecular Hbond substituents is 1. The molecule has 0 spiro atoms. The Bertz CT molecular complexity index is 705. The topological polar surface area (TPSA) is 95.1 Å². The third kappa shape index (κ3) is 2.66. The molecule has 1 aromatic carbocycles. The Morgan fingerprint density at radius 2 is 2.05 bits per heavy atom. The monoisotopic (exact) mass is 301 g/mol. The fraction of sp³-hybridized carbons (Fsp3) is 0.182. The lowest BCUT2D eigenvalue weighted by molar-refractivity contribution is 0.475. The Morgan fingerprint density at radius 3 is 2.58 bits per heavy atom. The van der Waals surface area contributed by atoms with Gasteiger partial charge < -0.3 is 5.11 Å². The number of benzene rings is 1. The number of halogens is 1. The van der Waals surface area contributed by atoms with Gasteiger partial charge in [0.15, 0.2) is 0 Å². The van der Waals surface area contributed by atoms with Gasteiger partial charge in [-0.2, -0.15) is 5.10 Å². The number of aryl methyl sites for hydroxylation is 2. The maximum atomic E-state index is 12.2. The van der Waals surface area contributed by atoms with Crippen molar-refractivity contribution in [2.24, 2.45) is 0 Å². The van der Waals surface area contributed by atoms with Crippen molar-refractivity contribution >= 4 is 27.3 Å². The zero-order valence-corrected chi connectivity index (χ0v) is 11.8. The summed E-state index contributed by atoms with van der Waals surface area (Å²) in [4.78, 5) is 0.108. The Hall–Kier alpha value is -1.73. The second-order valence-electron chi connectivity index (χ2n) is 4.03. The van der Waals surface area contributed by atoms with Gasteiger partial charge in [-0.05, 0) is 32.0 Å². The average Bonchev–Trinajstić information content (AvgIpc) is 2.64. The summed E-state index contributed by atoms with van der Waals surface area (Å²) in [5.41, 5.74) is 1.10. The molecule has 1 aromatic heterocycles. The van der Waals surface area contributed by atoms with E-state index in [-0.39, 0.29) is 21.4 Å². The first-order chi connectivity index (χ1) is 8.81. The number of H-pyrrole nitrogens is 1. The molecule has 0 unspecified atom stereocenters. The Morgan fingerprint density at radius 1 is 1.37 bits per heavy atom. The van der Waals surface area contributed by atoms with E-state index in [9.17, 15) is 13.5 Å². The highest BCUT2D eigenvalue weighted by atomic mass is 35.5. The van der Waals surface area contributed by atoms with Crippen LogP contribution in [0.1, 0.15) is 11.4 Å². The van der Waals surface area contributed by atoms with Crippen LogP contribution in [0.15, 0.2) is 23.1 Å². The first-order valence-corrected chi connectivity index (χ1v) is 7.20. The molecule has 3 N–H and O–H groups in total. The van der Waals surface area contributed by atoms with Crippen molar-refractivity contribution in [2.45, 2.75) is 18.7 Å². The van der Waals surface area contributed by atoms with Gasteiger partial charge in [0.1, 0.15) is 10.6 Å². The van der Waals surface area contributed by atoms with Crippen molar-refractivity contribution in [1.29, 1.82) is 0 Å². The fourth-order valence-electron chi connectivity index (χ4n) is 1.71. The molecule has 6 nitrogen and oxygen atoms in total. The molecule has 0 atom stereocenters. The number of hydrogen-bond donors (Lipinski definition) is 3. The minimum atomic E-state index is -3.74. The number of hydrogen-bond acceptors (Lipinski definition) is 4. The Labute approximate surface area is 115 Å². The second kappa shape index (κ2) is 4.75. The average molecular weight is 302 g/mol. The summed E-state index contributed by atoms with van der Waals surface area (Å²) in [5.74, 6) is -0.111. The van der Waals surface area contributed by atoms with E-state index in [0.717, 1.165) is 0 Å². The molecule has 0 fully saturated rings. The highest BCUT2D eigenvalue weighted by molar-refractivity contribution is 7.92. The molecule has 1 heterocycles. The molecule has 0 saturated carbocycles. The number of aromatic hydroxyl groups is 1. The van der Waals surface area contributed by atoms with Crippen molar-refractivity contribution in [3.05, 3.63) is 34.6 Å². The van der Waals surface area contributed by atoms with Gasteiger partial charge in [-0.3, -0.25) is 9.82 Å². The standard InChI is InChI=1S/C11H12ClN3O3S/c1-6-11(7(2)14-13-6)19(17,18)15-8-3-4-10(16)9(12)5-8/h3-5,15-16H,1-2H3,(H,13,14). The number of nitrogens with one attached hydrogen (secondary N) is 2. The predicted octanol–water partition coefficient (Wildman–Crippen LogP) is 2.19. The van der Waals surface area contributed by atoms with Crippen LogP contribution >= 0.6 is 11.6 Å². The van der Waals surface area contributed by atoms with Crippen LogP contribution in [0.25, 0.3) is 0 Å². The zero-order valence-electron chi connectivity index (χ0n) is 10.2. The number of aromatic nitrogens is 2. The number of rotatable bonds is 3. The van der Waals surface area contributed by atoms with Crippen LogP contribution in [0, 0.1) is 13.8 Å². The minimum Gasteiger partial charge on any atom is -0.506 e. The van der Waals surface area contributed by atoms with Crippen LogP contribution in [0.3, 0.4) is 0 Å². The van der Waals surface area contributed by atoms with Crippen LogP contribution in [0.5, 0.6) is 5.75 Å². The summed E-state index contributed by atoms with van der Waals surface area (Å²) in [6.45, 7) is 3.22. The van der Waals surface area contributed by atoms with Gasteiger partial charge in [0.25, 0.3) is 10.0 Å². The molecular formula is C11H12ClN3O3S. The minimum absolute atomic E-state index is 0.0702. The molecule has 2 aromatic rings. The molecule has 0 aliphatic heterocycles. The van der Waals surface area contributed by atoms with Crippen molar-refractivity contribution in [3.8, 4) is 5.75 Å². The van der Waals surface area contributed by atoms with E-state index in [0.29, 0.717) is 11.4 Å². The lowest BCUT2D eigenvalue weighted by Crippen LogP contribution is -2.14. The van der Waals surface area contributed by atoms with Gasteiger partial charge in [0, 0.05) is 0 Å². The maximum absolute atomic E-state index is 12.2. The lowest BCUT2D eigenvalue weighted by Gasteiger charge is -2.09. The van der Waals surface area contributed by atoms with Gasteiger partial charge in [-0.1, -0.05) is 11.6 Å². The summed E-state index contributed by atoms with van der Waals surface area (Å²) < 4.78 is 26.8. The number of nitrogens with zero attached hydrogens (tertiary/aromatic N) is 1. The van der Waals surface area contributed by atoms with Gasteiger partial charge in [0.2, 0.25) is 0 Å². The molecule has 102 valence electrons. The molecule has 8 heteroatoms. The van der Waals surface area contributed by atoms with Gasteiger partial charge in [-0.25, -0.2) is 8.42 Å². The molecule has 0 aliphatic rings. The van der Waals surface area contributed by atoms with E-state index in [1.165, 1.54) is 18.2 Å². The van der Waals surface area contributed by atoms with Gasteiger partial charge in [0.05, 0.1) is 22.1 Å². The van der Waals surface area contributed by atoms with Crippen molar-refractivity contribution in [2.75, 3.05) is 4.72 Å². The summed E-state index contributed by atoms with van der Waals surface area (Å²) in [6, 6.07) is 4.07. The third-order valence-electron chi connectivity index (χ3n) is 2.53. The fourth-order valence-corrected chi connectivity index (χ4v) is 3.32. The molecule has 0 saturated heterocycles. The Balaban J connectivity index is 2.39. The zero-order chi connectivity index (χ0) is 14.2. The lowest BCUT2D eigenvalue weighted by atomic mass is 10.3. The molecule has 0 aliphatic carbocycles. The summed E-state index contributed by atoms with van der Waals surface area (Å²) >= 11 is 5.73. The van der Waals surface area contributed by atoms with Crippen LogP contribution in [0.4, 0.5) is 5.69 Å². The van der Waals surface area contributed by atoms with Gasteiger partial charge in [-0.15, -0.1) is 0 Å². The summed E-state index contributed by atoms with van der Waals surface area (Å²) in [7, 11) is -3.74. The second-order valence-corrected chi connectivity index (χ2v) is 6.06. The highest BCUT2D eigenvalue weighted by Gasteiger charge is 2.22. The molecular weight excluding hydrogens is 290 g/mol. The van der Waals surface area contributed by atoms with Crippen LogP contribution in [-0.2, 0) is 10.0 Å². The van der Waals surface area contributed by atoms with E-state index in [4.69, 9.17) is 11.6 Å². The van der Waals surface area contributed by atoms with Crippen LogP contribution in [0.2, 0.25) is 5.02 Å². The Kier molecular flexibility index (Phi) is 3.42. The van der Waals surface area contributed by atoms with E-state index in [2.05, 4.69) is 14.9 Å². The molecule has 0 amide bonds. The number of sulfonamides is 1. The first kappa shape index (κ1) is 13.7. The molecule has 2 rings (SSSR count).